The van der Waals surface area contributed by atoms with Crippen LogP contribution in [0.15, 0.2) is 296 Å². The highest BCUT2D eigenvalue weighted by atomic mass is 16.3. The number of fused-ring (bicyclic) bond motifs is 20. The molecule has 3 heteroatoms. The zero-order chi connectivity index (χ0) is 53.0. The van der Waals surface area contributed by atoms with Crippen molar-refractivity contribution < 1.29 is 4.42 Å². The highest BCUT2D eigenvalue weighted by Gasteiger charge is 2.52. The Morgan fingerprint density at radius 1 is 0.321 bits per heavy atom. The van der Waals surface area contributed by atoms with Crippen LogP contribution in [0.2, 0.25) is 0 Å². The summed E-state index contributed by atoms with van der Waals surface area (Å²) in [7, 11) is 0. The van der Waals surface area contributed by atoms with Gasteiger partial charge in [0.05, 0.1) is 27.6 Å². The lowest BCUT2D eigenvalue weighted by molar-refractivity contribution is 0.670. The number of para-hydroxylation sites is 5. The second-order valence-corrected chi connectivity index (χ2v) is 22.2. The third kappa shape index (κ3) is 5.81. The van der Waals surface area contributed by atoms with Gasteiger partial charge in [0.15, 0.2) is 0 Å². The summed E-state index contributed by atoms with van der Waals surface area (Å²) >= 11 is 0. The first kappa shape index (κ1) is 44.5. The maximum atomic E-state index is 6.64. The minimum absolute atomic E-state index is 0.624. The fourth-order valence-electron chi connectivity index (χ4n) is 15.3. The second-order valence-electron chi connectivity index (χ2n) is 22.2. The molecule has 0 radical (unpaired) electrons. The third-order valence-electron chi connectivity index (χ3n) is 18.5. The average Bonchev–Trinajstić information content (AvgIpc) is 3.49. The van der Waals surface area contributed by atoms with E-state index in [0.717, 1.165) is 50.1 Å². The molecule has 0 N–H and O–H groups in total. The van der Waals surface area contributed by atoms with E-state index in [1.165, 1.54) is 105 Å². The van der Waals surface area contributed by atoms with Crippen molar-refractivity contribution in [1.82, 2.24) is 4.57 Å². The number of anilines is 3. The SMILES string of the molecule is c1ccc(C2(c3ccccc3)c3cc(N(c4ccc(-c5cccc6c5oc5ccccc56)cc4)c4ccc5c(c4)C4(c6ccccc6-5)c5ccccc5-n5c6ccccc6c6cccc4c65)ccc3-c3c2ccc2ccccc32)cc1. The van der Waals surface area contributed by atoms with Crippen LogP contribution < -0.4 is 4.90 Å². The van der Waals surface area contributed by atoms with Crippen LogP contribution in [-0.2, 0) is 10.8 Å². The first-order chi connectivity index (χ1) is 40.2. The summed E-state index contributed by atoms with van der Waals surface area (Å²) in [5.41, 5.74) is 24.9. The lowest BCUT2D eigenvalue weighted by Crippen LogP contribution is -2.33. The van der Waals surface area contributed by atoms with Gasteiger partial charge in [-0.2, -0.15) is 0 Å². The molecule has 13 aromatic carbocycles. The molecule has 2 aliphatic carbocycles. The molecule has 1 unspecified atom stereocenters. The van der Waals surface area contributed by atoms with E-state index >= 15 is 0 Å². The van der Waals surface area contributed by atoms with Crippen molar-refractivity contribution in [1.29, 1.82) is 0 Å². The van der Waals surface area contributed by atoms with Gasteiger partial charge in [0.1, 0.15) is 11.2 Å². The van der Waals surface area contributed by atoms with E-state index in [0.29, 0.717) is 0 Å². The molecule has 0 saturated carbocycles. The first-order valence-corrected chi connectivity index (χ1v) is 28.2. The van der Waals surface area contributed by atoms with Crippen molar-refractivity contribution in [2.24, 2.45) is 0 Å². The number of nitrogens with zero attached hydrogens (tertiary/aromatic N) is 2. The van der Waals surface area contributed by atoms with Gasteiger partial charge in [-0.25, -0.2) is 0 Å². The molecule has 3 aliphatic rings. The summed E-state index contributed by atoms with van der Waals surface area (Å²) in [5.74, 6) is 0. The number of furan rings is 1. The van der Waals surface area contributed by atoms with Gasteiger partial charge in [0.2, 0.25) is 0 Å². The molecule has 0 amide bonds. The van der Waals surface area contributed by atoms with Crippen molar-refractivity contribution in [3.05, 3.63) is 336 Å². The van der Waals surface area contributed by atoms with Crippen LogP contribution in [0.1, 0.15) is 44.5 Å². The normalized spacial score (nSPS) is 15.1. The Hall–Kier alpha value is -10.5. The molecule has 376 valence electrons. The number of aromatic nitrogens is 1. The summed E-state index contributed by atoms with van der Waals surface area (Å²) in [6.45, 7) is 0. The minimum atomic E-state index is -0.625. The molecule has 0 bridgehead atoms. The predicted octanol–water partition coefficient (Wildman–Crippen LogP) is 20.0. The summed E-state index contributed by atoms with van der Waals surface area (Å²) in [6.07, 6.45) is 0. The lowest BCUT2D eigenvalue weighted by atomic mass is 9.65. The van der Waals surface area contributed by atoms with Crippen LogP contribution in [0.3, 0.4) is 0 Å². The molecule has 0 fully saturated rings. The van der Waals surface area contributed by atoms with Crippen molar-refractivity contribution in [2.45, 2.75) is 10.8 Å². The van der Waals surface area contributed by atoms with Gasteiger partial charge in [0.25, 0.3) is 0 Å². The monoisotopic (exact) mass is 1030 g/mol. The Morgan fingerprint density at radius 2 is 0.889 bits per heavy atom. The van der Waals surface area contributed by atoms with E-state index in [4.69, 9.17) is 4.42 Å². The first-order valence-electron chi connectivity index (χ1n) is 28.2. The van der Waals surface area contributed by atoms with Gasteiger partial charge in [-0.1, -0.05) is 237 Å². The van der Waals surface area contributed by atoms with Gasteiger partial charge >= 0.3 is 0 Å². The fourth-order valence-corrected chi connectivity index (χ4v) is 15.3. The highest BCUT2D eigenvalue weighted by molar-refractivity contribution is 6.14. The van der Waals surface area contributed by atoms with Crippen molar-refractivity contribution in [3.63, 3.8) is 0 Å². The van der Waals surface area contributed by atoms with Gasteiger partial charge in [0, 0.05) is 44.2 Å². The summed E-state index contributed by atoms with van der Waals surface area (Å²) in [5, 5.41) is 7.27. The highest BCUT2D eigenvalue weighted by Crippen LogP contribution is 2.63. The van der Waals surface area contributed by atoms with Crippen LogP contribution in [-0.4, -0.2) is 4.57 Å². The van der Waals surface area contributed by atoms with Gasteiger partial charge in [-0.05, 0) is 138 Å². The quantitative estimate of drug-likeness (QED) is 0.166. The minimum Gasteiger partial charge on any atom is -0.455 e. The molecule has 3 heterocycles. The molecule has 1 spiro atoms. The Kier molecular flexibility index (Phi) is 9.08. The predicted molar refractivity (Wildman–Crippen MR) is 334 cm³/mol. The molecule has 0 saturated heterocycles. The van der Waals surface area contributed by atoms with E-state index in [1.54, 1.807) is 0 Å². The van der Waals surface area contributed by atoms with E-state index < -0.39 is 10.8 Å². The Labute approximate surface area is 468 Å². The maximum Gasteiger partial charge on any atom is 0.143 e. The zero-order valence-electron chi connectivity index (χ0n) is 44.0. The Balaban J connectivity index is 0.915. The molecule has 81 heavy (non-hydrogen) atoms. The largest absolute Gasteiger partial charge is 0.455 e. The van der Waals surface area contributed by atoms with Gasteiger partial charge in [-0.15, -0.1) is 0 Å². The number of hydrogen-bond acceptors (Lipinski definition) is 2. The van der Waals surface area contributed by atoms with Crippen LogP contribution in [0.25, 0.3) is 93.6 Å². The Morgan fingerprint density at radius 3 is 1.69 bits per heavy atom. The van der Waals surface area contributed by atoms with Gasteiger partial charge in [-0.3, -0.25) is 0 Å². The molecule has 1 atom stereocenters. The van der Waals surface area contributed by atoms with E-state index in [2.05, 4.69) is 295 Å². The fraction of sp³-hybridized carbons (Fsp3) is 0.0256. The van der Waals surface area contributed by atoms with E-state index in [1.807, 2.05) is 6.07 Å². The van der Waals surface area contributed by atoms with E-state index in [9.17, 15) is 0 Å². The maximum absolute atomic E-state index is 6.64. The van der Waals surface area contributed by atoms with Crippen LogP contribution >= 0.6 is 0 Å². The molecule has 2 aromatic heterocycles. The molecular weight excluding hydrogens is 981 g/mol. The zero-order valence-corrected chi connectivity index (χ0v) is 44.0. The number of rotatable bonds is 6. The average molecular weight is 1030 g/mol. The second kappa shape index (κ2) is 16.5. The van der Waals surface area contributed by atoms with Crippen molar-refractivity contribution >= 4 is 71.6 Å². The number of benzene rings is 13. The number of hydrogen-bond donors (Lipinski definition) is 0. The smallest absolute Gasteiger partial charge is 0.143 e. The van der Waals surface area contributed by atoms with Crippen LogP contribution in [0.4, 0.5) is 17.1 Å². The molecular formula is C78H48N2O. The van der Waals surface area contributed by atoms with Crippen molar-refractivity contribution in [2.75, 3.05) is 4.90 Å². The summed E-state index contributed by atoms with van der Waals surface area (Å²) in [4.78, 5) is 2.51. The van der Waals surface area contributed by atoms with Gasteiger partial charge < -0.3 is 13.9 Å². The topological polar surface area (TPSA) is 21.3 Å². The third-order valence-corrected chi connectivity index (χ3v) is 18.5. The summed E-state index contributed by atoms with van der Waals surface area (Å²) in [6, 6.07) is 109. The lowest BCUT2D eigenvalue weighted by Gasteiger charge is -2.40. The van der Waals surface area contributed by atoms with E-state index in [-0.39, 0.29) is 0 Å². The molecule has 18 rings (SSSR count). The molecule has 15 aromatic rings. The Bertz CT molecular complexity index is 5080. The molecule has 1 aliphatic heterocycles. The summed E-state index contributed by atoms with van der Waals surface area (Å²) < 4.78 is 9.17. The van der Waals surface area contributed by atoms with Crippen LogP contribution in [0.5, 0.6) is 0 Å². The van der Waals surface area contributed by atoms with Crippen LogP contribution in [0, 0.1) is 0 Å². The molecule has 3 nitrogen and oxygen atoms in total. The van der Waals surface area contributed by atoms with Crippen molar-refractivity contribution in [3.8, 4) is 39.1 Å². The standard InChI is InChI=1S/C78H48N2O/c1-3-20-51(21-4-1)77(52-22-5-2-6-23-52)67-46-39-49-19-7-8-24-56(49)74(67)64-45-43-55(48-70(64)77)79(53-40-37-50(38-41-53)57-28-17-30-63-61-27-11-16-36-73(61)81-76(57)63)54-42-44-59-58-25-9-12-31-65(58)78(69(59)47-54)66-32-13-15-35-72(66)80-71-34-14-10-26-60(71)62-29-18-33-68(78)75(62)80/h1-48H.